The smallest absolute Gasteiger partial charge is 0.202 e. The Balaban J connectivity index is 3.28. The number of nitrogens with one attached hydrogen (secondary N) is 1. The molecule has 0 aliphatic heterocycles. The zero-order valence-electron chi connectivity index (χ0n) is 7.27. The third-order valence-corrected chi connectivity index (χ3v) is 1.94. The lowest BCUT2D eigenvalue weighted by Gasteiger charge is -2.10. The Bertz CT molecular complexity index is 347. The summed E-state index contributed by atoms with van der Waals surface area (Å²) in [6.45, 7) is -0.0832. The van der Waals surface area contributed by atoms with E-state index in [4.69, 9.17) is 16.8 Å². The molecule has 6 heteroatoms. The molecule has 0 saturated carbocycles. The Kier molecular flexibility index (Phi) is 3.62. The van der Waals surface area contributed by atoms with Crippen molar-refractivity contribution in [3.8, 4) is 5.75 Å². The minimum absolute atomic E-state index is 0.0832. The van der Waals surface area contributed by atoms with Gasteiger partial charge in [-0.1, -0.05) is 11.6 Å². The topological polar surface area (TPSA) is 41.5 Å². The van der Waals surface area contributed by atoms with Crippen molar-refractivity contribution >= 4 is 11.6 Å². The first kappa shape index (κ1) is 11.2. The summed E-state index contributed by atoms with van der Waals surface area (Å²) in [7, 11) is 1.20. The number of rotatable bonds is 3. The van der Waals surface area contributed by atoms with Crippen LogP contribution in [0.25, 0.3) is 0 Å². The van der Waals surface area contributed by atoms with Crippen LogP contribution in [-0.4, -0.2) is 12.3 Å². The highest BCUT2D eigenvalue weighted by Gasteiger charge is 2.17. The predicted molar refractivity (Wildman–Crippen MR) is 46.5 cm³/mol. The molecule has 78 valence electrons. The lowest BCUT2D eigenvalue weighted by molar-refractivity contribution is 0.159. The fourth-order valence-corrected chi connectivity index (χ4v) is 1.28. The van der Waals surface area contributed by atoms with Crippen molar-refractivity contribution in [2.45, 2.75) is 6.54 Å². The zero-order valence-corrected chi connectivity index (χ0v) is 8.03. The molecule has 0 aromatic heterocycles. The molecular weight excluding hydrogens is 216 g/mol. The van der Waals surface area contributed by atoms with Gasteiger partial charge in [0.05, 0.1) is 12.1 Å². The summed E-state index contributed by atoms with van der Waals surface area (Å²) in [5.41, 5.74) is 2.04. The van der Waals surface area contributed by atoms with E-state index in [0.29, 0.717) is 0 Å². The van der Waals surface area contributed by atoms with Gasteiger partial charge in [0.25, 0.3) is 0 Å². The number of ether oxygens (including phenoxy) is 1. The highest BCUT2D eigenvalue weighted by Crippen LogP contribution is 2.30. The van der Waals surface area contributed by atoms with Crippen molar-refractivity contribution < 1.29 is 18.7 Å². The quantitative estimate of drug-likeness (QED) is 0.609. The van der Waals surface area contributed by atoms with E-state index < -0.39 is 11.6 Å². The van der Waals surface area contributed by atoms with Crippen LogP contribution in [-0.2, 0) is 6.54 Å². The van der Waals surface area contributed by atoms with Gasteiger partial charge in [-0.2, -0.15) is 4.39 Å². The van der Waals surface area contributed by atoms with Crippen molar-refractivity contribution in [1.82, 2.24) is 5.48 Å². The number of methoxy groups -OCH3 is 1. The van der Waals surface area contributed by atoms with Crippen LogP contribution in [0.5, 0.6) is 5.75 Å². The molecule has 0 saturated heterocycles. The average Bonchev–Trinajstić information content (AvgIpc) is 2.16. The summed E-state index contributed by atoms with van der Waals surface area (Å²) in [5.74, 6) is -2.59. The monoisotopic (exact) mass is 223 g/mol. The molecule has 1 aromatic carbocycles. The van der Waals surface area contributed by atoms with Gasteiger partial charge >= 0.3 is 0 Å². The maximum absolute atomic E-state index is 13.2. The van der Waals surface area contributed by atoms with E-state index in [-0.39, 0.29) is 22.9 Å². The molecule has 0 spiro atoms. The van der Waals surface area contributed by atoms with Crippen LogP contribution in [0.3, 0.4) is 0 Å². The molecule has 0 bridgehead atoms. The van der Waals surface area contributed by atoms with Gasteiger partial charge in [0, 0.05) is 12.1 Å². The number of hydroxylamine groups is 1. The molecule has 1 aromatic rings. The van der Waals surface area contributed by atoms with Gasteiger partial charge in [-0.3, -0.25) is 0 Å². The SMILES string of the molecule is COc1c(CNO)cc(Cl)c(F)c1F. The second kappa shape index (κ2) is 4.54. The van der Waals surface area contributed by atoms with Crippen molar-refractivity contribution in [2.75, 3.05) is 7.11 Å². The van der Waals surface area contributed by atoms with Crippen molar-refractivity contribution in [3.63, 3.8) is 0 Å². The first-order valence-corrected chi connectivity index (χ1v) is 4.07. The highest BCUT2D eigenvalue weighted by atomic mass is 35.5. The second-order valence-corrected chi connectivity index (χ2v) is 2.92. The zero-order chi connectivity index (χ0) is 10.7. The standard InChI is InChI=1S/C8H8ClF2NO2/c1-14-8-4(3-12-13)2-5(9)6(10)7(8)11/h2,12-13H,3H2,1H3. The second-order valence-electron chi connectivity index (χ2n) is 2.51. The summed E-state index contributed by atoms with van der Waals surface area (Å²) in [5, 5.41) is 8.07. The summed E-state index contributed by atoms with van der Waals surface area (Å²) in [6, 6.07) is 1.18. The van der Waals surface area contributed by atoms with Crippen LogP contribution in [0.2, 0.25) is 5.02 Å². The maximum atomic E-state index is 13.2. The Morgan fingerprint density at radius 2 is 2.14 bits per heavy atom. The Morgan fingerprint density at radius 1 is 1.50 bits per heavy atom. The molecule has 0 fully saturated rings. The van der Waals surface area contributed by atoms with Crippen LogP contribution >= 0.6 is 11.6 Å². The molecule has 0 radical (unpaired) electrons. The normalized spacial score (nSPS) is 10.4. The largest absolute Gasteiger partial charge is 0.493 e. The van der Waals surface area contributed by atoms with E-state index in [9.17, 15) is 8.78 Å². The summed E-state index contributed by atoms with van der Waals surface area (Å²) in [4.78, 5) is 0. The highest BCUT2D eigenvalue weighted by molar-refractivity contribution is 6.30. The molecule has 0 unspecified atom stereocenters. The van der Waals surface area contributed by atoms with E-state index in [1.54, 1.807) is 5.48 Å². The third-order valence-electron chi connectivity index (χ3n) is 1.67. The van der Waals surface area contributed by atoms with Crippen molar-refractivity contribution in [3.05, 3.63) is 28.3 Å². The van der Waals surface area contributed by atoms with Crippen LogP contribution in [0, 0.1) is 11.6 Å². The molecule has 14 heavy (non-hydrogen) atoms. The molecule has 0 aliphatic carbocycles. The fraction of sp³-hybridized carbons (Fsp3) is 0.250. The Morgan fingerprint density at radius 3 is 2.64 bits per heavy atom. The first-order valence-electron chi connectivity index (χ1n) is 3.69. The molecule has 2 N–H and O–H groups in total. The maximum Gasteiger partial charge on any atom is 0.202 e. The van der Waals surface area contributed by atoms with Gasteiger partial charge in [0.15, 0.2) is 11.6 Å². The van der Waals surface area contributed by atoms with E-state index in [2.05, 4.69) is 4.74 Å². The summed E-state index contributed by atoms with van der Waals surface area (Å²) < 4.78 is 30.7. The Labute approximate surface area is 84.2 Å². The Hall–Kier alpha value is -0.910. The average molecular weight is 224 g/mol. The minimum Gasteiger partial charge on any atom is -0.493 e. The third kappa shape index (κ3) is 1.95. The van der Waals surface area contributed by atoms with E-state index in [1.807, 2.05) is 0 Å². The molecule has 1 rings (SSSR count). The number of hydrogen-bond acceptors (Lipinski definition) is 3. The van der Waals surface area contributed by atoms with Gasteiger partial charge in [-0.15, -0.1) is 0 Å². The number of hydrogen-bond donors (Lipinski definition) is 2. The van der Waals surface area contributed by atoms with E-state index in [0.717, 1.165) is 0 Å². The van der Waals surface area contributed by atoms with Crippen molar-refractivity contribution in [2.24, 2.45) is 0 Å². The lowest BCUT2D eigenvalue weighted by atomic mass is 10.2. The number of benzene rings is 1. The van der Waals surface area contributed by atoms with E-state index >= 15 is 0 Å². The summed E-state index contributed by atoms with van der Waals surface area (Å²) >= 11 is 5.40. The van der Waals surface area contributed by atoms with Crippen LogP contribution < -0.4 is 10.2 Å². The molecule has 0 atom stereocenters. The minimum atomic E-state index is -1.16. The van der Waals surface area contributed by atoms with Gasteiger partial charge in [-0.05, 0) is 6.07 Å². The predicted octanol–water partition coefficient (Wildman–Crippen LogP) is 2.11. The first-order chi connectivity index (χ1) is 6.61. The van der Waals surface area contributed by atoms with Gasteiger partial charge < -0.3 is 9.94 Å². The van der Waals surface area contributed by atoms with Gasteiger partial charge in [0.1, 0.15) is 0 Å². The van der Waals surface area contributed by atoms with Gasteiger partial charge in [0.2, 0.25) is 5.82 Å². The van der Waals surface area contributed by atoms with Crippen molar-refractivity contribution in [1.29, 1.82) is 0 Å². The van der Waals surface area contributed by atoms with Crippen LogP contribution in [0.1, 0.15) is 5.56 Å². The number of halogens is 3. The van der Waals surface area contributed by atoms with Gasteiger partial charge in [-0.25, -0.2) is 9.87 Å². The molecular formula is C8H8ClF2NO2. The molecule has 3 nitrogen and oxygen atoms in total. The fourth-order valence-electron chi connectivity index (χ4n) is 1.06. The lowest BCUT2D eigenvalue weighted by Crippen LogP contribution is -2.09. The molecule has 0 heterocycles. The van der Waals surface area contributed by atoms with E-state index in [1.165, 1.54) is 13.2 Å². The van der Waals surface area contributed by atoms with Crippen LogP contribution in [0.4, 0.5) is 8.78 Å². The molecule has 0 amide bonds. The van der Waals surface area contributed by atoms with Crippen LogP contribution in [0.15, 0.2) is 6.07 Å². The summed E-state index contributed by atoms with van der Waals surface area (Å²) in [6.07, 6.45) is 0. The molecule has 0 aliphatic rings.